The molecule has 0 saturated carbocycles. The van der Waals surface area contributed by atoms with Gasteiger partial charge in [-0.3, -0.25) is 9.59 Å². The molecule has 0 spiro atoms. The van der Waals surface area contributed by atoms with Crippen molar-refractivity contribution in [2.24, 2.45) is 0 Å². The largest absolute Gasteiger partial charge is 0.545 e. The van der Waals surface area contributed by atoms with Crippen molar-refractivity contribution in [3.63, 3.8) is 0 Å². The second-order valence-corrected chi connectivity index (χ2v) is 23.0. The van der Waals surface area contributed by atoms with E-state index in [0.29, 0.717) is 17.4 Å². The van der Waals surface area contributed by atoms with Crippen LogP contribution < -0.4 is 5.11 Å². The van der Waals surface area contributed by atoms with Gasteiger partial charge in [-0.15, -0.1) is 0 Å². The summed E-state index contributed by atoms with van der Waals surface area (Å²) in [6.45, 7) is 4.65. The van der Waals surface area contributed by atoms with E-state index in [1.807, 2.05) is 21.1 Å². The maximum Gasteiger partial charge on any atom is 0.306 e. The van der Waals surface area contributed by atoms with Crippen molar-refractivity contribution in [1.82, 2.24) is 0 Å². The van der Waals surface area contributed by atoms with Crippen molar-refractivity contribution in [1.29, 1.82) is 0 Å². The molecule has 0 aliphatic carbocycles. The van der Waals surface area contributed by atoms with Gasteiger partial charge in [-0.05, 0) is 89.9 Å². The van der Waals surface area contributed by atoms with Crippen molar-refractivity contribution < 1.29 is 42.9 Å². The average molecular weight is 1110 g/mol. The molecule has 0 radical (unpaired) electrons. The lowest BCUT2D eigenvalue weighted by atomic mass is 10.0. The third-order valence-corrected chi connectivity index (χ3v) is 14.1. The summed E-state index contributed by atoms with van der Waals surface area (Å²) >= 11 is 0. The molecule has 0 amide bonds. The average Bonchev–Trinajstić information content (AvgIpc) is 3.42. The van der Waals surface area contributed by atoms with Crippen LogP contribution in [0.3, 0.4) is 0 Å². The molecule has 0 rings (SSSR count). The number of ether oxygens (including phenoxy) is 4. The topological polar surface area (TPSA) is 111 Å². The molecule has 9 nitrogen and oxygen atoms in total. The fourth-order valence-corrected chi connectivity index (χ4v) is 9.12. The molecule has 9 heteroatoms. The van der Waals surface area contributed by atoms with Crippen LogP contribution in [0.1, 0.15) is 284 Å². The lowest BCUT2D eigenvalue weighted by Gasteiger charge is -2.26. The van der Waals surface area contributed by atoms with Gasteiger partial charge in [-0.25, -0.2) is 0 Å². The number of hydrogen-bond acceptors (Lipinski definition) is 8. The zero-order valence-electron chi connectivity index (χ0n) is 52.0. The minimum atomic E-state index is -1.63. The van der Waals surface area contributed by atoms with Crippen LogP contribution in [0.2, 0.25) is 0 Å². The number of rotatable bonds is 60. The standard InChI is InChI=1S/C70H123NO8/c1-6-8-10-12-14-16-18-20-22-24-26-28-30-32-34-36-38-40-42-44-46-48-50-52-54-56-58-60-67(72)77-64-66(65-78-70(69(74)75)76-63-62-71(3,4)5)79-68(73)61-59-57-55-53-51-49-47-45-43-41-39-37-35-33-31-29-27-25-23-21-19-17-15-13-11-9-7-2/h9,11,15,17-18,20-21,23-24,26-27,29,33,35,66,70H,6-8,10,12-14,16,19,22,25,28,30-32,34,36-65H2,1-5H3/b11-9-,17-15-,20-18-,23-21-,26-24-,29-27-,35-33-. The first-order chi connectivity index (χ1) is 38.6. The highest BCUT2D eigenvalue weighted by Crippen LogP contribution is 2.17. The molecule has 0 saturated heterocycles. The second-order valence-electron chi connectivity index (χ2n) is 23.0. The number of carboxylic acid groups (broad SMARTS) is 1. The quantitative estimate of drug-likeness (QED) is 0.0195. The second kappa shape index (κ2) is 60.6. The number of allylic oxidation sites excluding steroid dienone is 14. The Labute approximate surface area is 487 Å². The molecule has 2 unspecified atom stereocenters. The molecule has 0 aliphatic rings. The maximum atomic E-state index is 12.9. The van der Waals surface area contributed by atoms with Gasteiger partial charge in [0.05, 0.1) is 40.3 Å². The molecular weight excluding hydrogens is 983 g/mol. The van der Waals surface area contributed by atoms with Crippen LogP contribution in [0.4, 0.5) is 0 Å². The summed E-state index contributed by atoms with van der Waals surface area (Å²) in [5.74, 6) is -2.28. The number of nitrogens with zero attached hydrogens (tertiary/aromatic N) is 1. The van der Waals surface area contributed by atoms with Crippen LogP contribution in [0.15, 0.2) is 85.1 Å². The minimum Gasteiger partial charge on any atom is -0.545 e. The van der Waals surface area contributed by atoms with Gasteiger partial charge in [-0.2, -0.15) is 0 Å². The fourth-order valence-electron chi connectivity index (χ4n) is 9.12. The summed E-state index contributed by atoms with van der Waals surface area (Å²) in [7, 11) is 5.93. The van der Waals surface area contributed by atoms with Gasteiger partial charge >= 0.3 is 11.9 Å². The molecular formula is C70H123NO8. The van der Waals surface area contributed by atoms with Crippen molar-refractivity contribution in [2.45, 2.75) is 296 Å². The first-order valence-electron chi connectivity index (χ1n) is 32.7. The van der Waals surface area contributed by atoms with Gasteiger partial charge in [0.2, 0.25) is 0 Å². The van der Waals surface area contributed by atoms with Crippen molar-refractivity contribution in [2.75, 3.05) is 47.5 Å². The number of carbonyl (C=O) groups is 3. The molecule has 0 aromatic carbocycles. The van der Waals surface area contributed by atoms with Crippen molar-refractivity contribution in [3.8, 4) is 0 Å². The first-order valence-corrected chi connectivity index (χ1v) is 32.7. The summed E-state index contributed by atoms with van der Waals surface area (Å²) in [6, 6.07) is 0. The van der Waals surface area contributed by atoms with E-state index in [4.69, 9.17) is 18.9 Å². The Kier molecular flexibility index (Phi) is 57.9. The Balaban J connectivity index is 4.17. The third-order valence-electron chi connectivity index (χ3n) is 14.1. The van der Waals surface area contributed by atoms with Gasteiger partial charge < -0.3 is 33.3 Å². The summed E-state index contributed by atoms with van der Waals surface area (Å²) in [5.41, 5.74) is 0. The van der Waals surface area contributed by atoms with Crippen LogP contribution in [-0.4, -0.2) is 82.3 Å². The normalized spacial score (nSPS) is 13.3. The molecule has 2 atom stereocenters. The Hall–Kier alpha value is -3.53. The lowest BCUT2D eigenvalue weighted by molar-refractivity contribution is -0.870. The molecule has 0 aromatic heterocycles. The SMILES string of the molecule is CC/C=C\C/C=C\C/C=C\C/C=C\C/C=C\CCCCCCCCCCCCCC(=O)OC(COC(=O)CCCCCCCCCCCCCCCCC/C=C\C/C=C\CCCCCCC)COC(OCC[N+](C)(C)C)C(=O)[O-]. The predicted molar refractivity (Wildman–Crippen MR) is 334 cm³/mol. The molecule has 456 valence electrons. The number of unbranched alkanes of at least 4 members (excludes halogenated alkanes) is 31. The van der Waals surface area contributed by atoms with Crippen molar-refractivity contribution in [3.05, 3.63) is 85.1 Å². The smallest absolute Gasteiger partial charge is 0.306 e. The predicted octanol–water partition coefficient (Wildman–Crippen LogP) is 18.6. The minimum absolute atomic E-state index is 0.145. The highest BCUT2D eigenvalue weighted by Gasteiger charge is 2.22. The summed E-state index contributed by atoms with van der Waals surface area (Å²) in [5, 5.41) is 11.8. The Morgan fingerprint density at radius 1 is 0.392 bits per heavy atom. The molecule has 0 heterocycles. The van der Waals surface area contributed by atoms with E-state index < -0.39 is 24.3 Å². The number of quaternary nitrogens is 1. The van der Waals surface area contributed by atoms with E-state index in [0.717, 1.165) is 83.5 Å². The Morgan fingerprint density at radius 2 is 0.722 bits per heavy atom. The van der Waals surface area contributed by atoms with Gasteiger partial charge in [0.1, 0.15) is 13.2 Å². The Morgan fingerprint density at radius 3 is 1.08 bits per heavy atom. The van der Waals surface area contributed by atoms with Crippen LogP contribution in [0, 0.1) is 0 Å². The molecule has 0 bridgehead atoms. The zero-order chi connectivity index (χ0) is 57.6. The summed E-state index contributed by atoms with van der Waals surface area (Å²) in [6.07, 6.45) is 77.9. The van der Waals surface area contributed by atoms with Gasteiger partial charge in [0.15, 0.2) is 12.4 Å². The number of carbonyl (C=O) groups excluding carboxylic acids is 3. The lowest BCUT2D eigenvalue weighted by Crippen LogP contribution is -2.44. The van der Waals surface area contributed by atoms with Crippen LogP contribution in [0.25, 0.3) is 0 Å². The van der Waals surface area contributed by atoms with Crippen molar-refractivity contribution >= 4 is 17.9 Å². The van der Waals surface area contributed by atoms with Gasteiger partial charge in [-0.1, -0.05) is 266 Å². The summed E-state index contributed by atoms with van der Waals surface area (Å²) in [4.78, 5) is 37.4. The van der Waals surface area contributed by atoms with Crippen LogP contribution in [-0.2, 0) is 33.3 Å². The molecule has 0 aromatic rings. The molecule has 79 heavy (non-hydrogen) atoms. The van der Waals surface area contributed by atoms with Gasteiger partial charge in [0.25, 0.3) is 0 Å². The fraction of sp³-hybridized carbons (Fsp3) is 0.757. The molecule has 0 aliphatic heterocycles. The highest BCUT2D eigenvalue weighted by atomic mass is 16.7. The molecule has 0 fully saturated rings. The van der Waals surface area contributed by atoms with Crippen LogP contribution >= 0.6 is 0 Å². The molecule has 0 N–H and O–H groups in total. The van der Waals surface area contributed by atoms with Gasteiger partial charge in [0, 0.05) is 12.8 Å². The number of likely N-dealkylation sites (N-methyl/N-ethyl adjacent to an activating group) is 1. The zero-order valence-corrected chi connectivity index (χ0v) is 52.0. The van der Waals surface area contributed by atoms with E-state index in [1.165, 1.54) is 167 Å². The van der Waals surface area contributed by atoms with E-state index in [-0.39, 0.29) is 38.6 Å². The number of aliphatic carboxylic acids is 1. The number of hydrogen-bond donors (Lipinski definition) is 0. The monoisotopic (exact) mass is 1110 g/mol. The van der Waals surface area contributed by atoms with E-state index >= 15 is 0 Å². The first kappa shape index (κ1) is 75.5. The number of carboxylic acids is 1. The van der Waals surface area contributed by atoms with E-state index in [2.05, 4.69) is 98.9 Å². The number of esters is 2. The van der Waals surface area contributed by atoms with E-state index in [9.17, 15) is 19.5 Å². The Bertz CT molecular complexity index is 1570. The van der Waals surface area contributed by atoms with E-state index in [1.54, 1.807) is 0 Å². The maximum absolute atomic E-state index is 12.9. The van der Waals surface area contributed by atoms with Crippen LogP contribution in [0.5, 0.6) is 0 Å². The summed E-state index contributed by atoms with van der Waals surface area (Å²) < 4.78 is 22.8. The highest BCUT2D eigenvalue weighted by molar-refractivity contribution is 5.70. The third kappa shape index (κ3) is 61.9.